The third-order valence-corrected chi connectivity index (χ3v) is 2.39. The summed E-state index contributed by atoms with van der Waals surface area (Å²) in [6, 6.07) is 0. The largest absolute Gasteiger partial charge is 0.481 e. The monoisotopic (exact) mass is 250 g/mol. The van der Waals surface area contributed by atoms with Gasteiger partial charge in [-0.25, -0.2) is 4.79 Å². The van der Waals surface area contributed by atoms with E-state index in [1.54, 1.807) is 18.0 Å². The predicted molar refractivity (Wildman–Crippen MR) is 64.9 cm³/mol. The molecule has 0 aromatic carbocycles. The second-order valence-corrected chi connectivity index (χ2v) is 4.65. The molecule has 7 heteroatoms. The van der Waals surface area contributed by atoms with Crippen molar-refractivity contribution in [1.29, 1.82) is 0 Å². The molecule has 0 aromatic rings. The highest BCUT2D eigenvalue weighted by Crippen LogP contribution is 2.17. The van der Waals surface area contributed by atoms with Gasteiger partial charge in [-0.1, -0.05) is 5.16 Å². The summed E-state index contributed by atoms with van der Waals surface area (Å²) in [7, 11) is 1.48. The standard InChI is InChI=1S/C7H14N2O2S.C2H4O2/c1-7(2,12-4)5-9-11-6(10)8-3;1-2(3)4/h5H,1-4H3,(H,8,10);1H3,(H,3,4). The Morgan fingerprint density at radius 3 is 2.25 bits per heavy atom. The first kappa shape index (κ1) is 17.2. The van der Waals surface area contributed by atoms with Gasteiger partial charge < -0.3 is 10.4 Å². The van der Waals surface area contributed by atoms with Gasteiger partial charge in [-0.15, -0.1) is 0 Å². The van der Waals surface area contributed by atoms with E-state index in [-0.39, 0.29) is 4.75 Å². The van der Waals surface area contributed by atoms with Crippen molar-refractivity contribution >= 4 is 30.0 Å². The van der Waals surface area contributed by atoms with E-state index in [1.807, 2.05) is 20.1 Å². The van der Waals surface area contributed by atoms with Crippen LogP contribution in [-0.4, -0.2) is 41.4 Å². The maximum atomic E-state index is 10.5. The van der Waals surface area contributed by atoms with Crippen molar-refractivity contribution in [3.05, 3.63) is 0 Å². The lowest BCUT2D eigenvalue weighted by Crippen LogP contribution is -2.19. The van der Waals surface area contributed by atoms with E-state index >= 15 is 0 Å². The number of aliphatic carboxylic acids is 1. The quantitative estimate of drug-likeness (QED) is 0.451. The number of carboxylic acid groups (broad SMARTS) is 1. The van der Waals surface area contributed by atoms with E-state index < -0.39 is 12.1 Å². The normalized spacial score (nSPS) is 10.3. The maximum absolute atomic E-state index is 10.5. The van der Waals surface area contributed by atoms with Crippen molar-refractivity contribution in [2.45, 2.75) is 25.5 Å². The van der Waals surface area contributed by atoms with Crippen molar-refractivity contribution in [1.82, 2.24) is 5.32 Å². The number of thioether (sulfide) groups is 1. The van der Waals surface area contributed by atoms with Gasteiger partial charge >= 0.3 is 6.09 Å². The fourth-order valence-electron chi connectivity index (χ4n) is 0.299. The van der Waals surface area contributed by atoms with E-state index in [2.05, 4.69) is 15.3 Å². The van der Waals surface area contributed by atoms with Gasteiger partial charge in [0.15, 0.2) is 0 Å². The number of carboxylic acids is 1. The average molecular weight is 250 g/mol. The van der Waals surface area contributed by atoms with Crippen molar-refractivity contribution in [2.24, 2.45) is 5.16 Å². The number of hydrogen-bond acceptors (Lipinski definition) is 5. The zero-order valence-electron chi connectivity index (χ0n) is 10.1. The van der Waals surface area contributed by atoms with Crippen molar-refractivity contribution < 1.29 is 19.5 Å². The van der Waals surface area contributed by atoms with Crippen LogP contribution in [0.5, 0.6) is 0 Å². The number of rotatable bonds is 3. The minimum absolute atomic E-state index is 0.103. The summed E-state index contributed by atoms with van der Waals surface area (Å²) in [5.41, 5.74) is 0. The summed E-state index contributed by atoms with van der Waals surface area (Å²) >= 11 is 1.63. The zero-order chi connectivity index (χ0) is 13.2. The van der Waals surface area contributed by atoms with E-state index in [4.69, 9.17) is 9.90 Å². The minimum atomic E-state index is -0.833. The van der Waals surface area contributed by atoms with Gasteiger partial charge in [-0.2, -0.15) is 11.8 Å². The number of nitrogens with one attached hydrogen (secondary N) is 1. The van der Waals surface area contributed by atoms with Crippen molar-refractivity contribution in [3.63, 3.8) is 0 Å². The van der Waals surface area contributed by atoms with Gasteiger partial charge in [-0.3, -0.25) is 9.63 Å². The molecule has 0 aromatic heterocycles. The van der Waals surface area contributed by atoms with Gasteiger partial charge in [0.1, 0.15) is 0 Å². The van der Waals surface area contributed by atoms with E-state index in [0.717, 1.165) is 6.92 Å². The van der Waals surface area contributed by atoms with Crippen molar-refractivity contribution in [2.75, 3.05) is 13.3 Å². The molecule has 16 heavy (non-hydrogen) atoms. The molecule has 0 rings (SSSR count). The van der Waals surface area contributed by atoms with Crippen LogP contribution in [0, 0.1) is 0 Å². The Morgan fingerprint density at radius 2 is 1.94 bits per heavy atom. The molecular weight excluding hydrogens is 232 g/mol. The molecule has 94 valence electrons. The highest BCUT2D eigenvalue weighted by atomic mass is 32.2. The fourth-order valence-corrected chi connectivity index (χ4v) is 0.448. The Hall–Kier alpha value is -1.24. The Morgan fingerprint density at radius 1 is 1.50 bits per heavy atom. The molecule has 0 aliphatic rings. The highest BCUT2D eigenvalue weighted by molar-refractivity contribution is 8.00. The van der Waals surface area contributed by atoms with Gasteiger partial charge in [0.25, 0.3) is 5.97 Å². The van der Waals surface area contributed by atoms with Gasteiger partial charge in [0.05, 0.1) is 6.21 Å². The highest BCUT2D eigenvalue weighted by Gasteiger charge is 2.12. The molecule has 0 aliphatic carbocycles. The number of hydrogen-bond donors (Lipinski definition) is 2. The van der Waals surface area contributed by atoms with Crippen LogP contribution < -0.4 is 5.32 Å². The Labute approximate surface area is 99.4 Å². The first-order chi connectivity index (χ1) is 7.25. The third-order valence-electron chi connectivity index (χ3n) is 1.23. The topological polar surface area (TPSA) is 88.0 Å². The molecular formula is C9H18N2O4S. The number of amides is 1. The summed E-state index contributed by atoms with van der Waals surface area (Å²) in [6.07, 6.45) is 3.00. The molecule has 0 aliphatic heterocycles. The molecule has 0 saturated carbocycles. The first-order valence-electron chi connectivity index (χ1n) is 4.43. The number of carbonyl (C=O) groups is 2. The molecule has 0 saturated heterocycles. The second-order valence-electron chi connectivity index (χ2n) is 3.19. The van der Waals surface area contributed by atoms with Gasteiger partial charge in [0.2, 0.25) is 0 Å². The van der Waals surface area contributed by atoms with Crippen LogP contribution in [0.2, 0.25) is 0 Å². The van der Waals surface area contributed by atoms with Gasteiger partial charge in [0, 0.05) is 18.7 Å². The summed E-state index contributed by atoms with van der Waals surface area (Å²) in [5, 5.41) is 13.2. The molecule has 1 amide bonds. The summed E-state index contributed by atoms with van der Waals surface area (Å²) in [6.45, 7) is 5.04. The SMILES string of the molecule is CC(=O)O.CNC(=O)ON=CC(C)(C)SC. The van der Waals surface area contributed by atoms with E-state index in [1.165, 1.54) is 7.05 Å². The summed E-state index contributed by atoms with van der Waals surface area (Å²) < 4.78 is -0.103. The number of oxime groups is 1. The molecule has 0 radical (unpaired) electrons. The third kappa shape index (κ3) is 15.2. The number of carbonyl (C=O) groups excluding carboxylic acids is 1. The van der Waals surface area contributed by atoms with Crippen LogP contribution in [-0.2, 0) is 9.63 Å². The first-order valence-corrected chi connectivity index (χ1v) is 5.65. The molecule has 0 atom stereocenters. The number of nitrogens with zero attached hydrogens (tertiary/aromatic N) is 1. The van der Waals surface area contributed by atoms with Crippen LogP contribution in [0.4, 0.5) is 4.79 Å². The Balaban J connectivity index is 0. The van der Waals surface area contributed by atoms with Crippen LogP contribution in [0.25, 0.3) is 0 Å². The molecule has 2 N–H and O–H groups in total. The average Bonchev–Trinajstić information content (AvgIpc) is 2.16. The minimum Gasteiger partial charge on any atom is -0.481 e. The lowest BCUT2D eigenvalue weighted by molar-refractivity contribution is -0.134. The van der Waals surface area contributed by atoms with Crippen LogP contribution in [0.3, 0.4) is 0 Å². The second kappa shape index (κ2) is 9.02. The predicted octanol–water partition coefficient (Wildman–Crippen LogP) is 1.56. The Kier molecular flexibility index (Phi) is 9.68. The van der Waals surface area contributed by atoms with Gasteiger partial charge in [-0.05, 0) is 20.1 Å². The molecule has 6 nitrogen and oxygen atoms in total. The van der Waals surface area contributed by atoms with E-state index in [9.17, 15) is 4.79 Å². The van der Waals surface area contributed by atoms with Crippen LogP contribution in [0.15, 0.2) is 5.16 Å². The molecule has 0 bridgehead atoms. The lowest BCUT2D eigenvalue weighted by atomic mass is 10.2. The molecule has 0 unspecified atom stereocenters. The smallest absolute Gasteiger partial charge is 0.433 e. The Bertz CT molecular complexity index is 250. The van der Waals surface area contributed by atoms with Crippen molar-refractivity contribution in [3.8, 4) is 0 Å². The van der Waals surface area contributed by atoms with Crippen LogP contribution >= 0.6 is 11.8 Å². The zero-order valence-corrected chi connectivity index (χ0v) is 10.9. The summed E-state index contributed by atoms with van der Waals surface area (Å²) in [4.78, 5) is 24.0. The molecule has 0 fully saturated rings. The lowest BCUT2D eigenvalue weighted by Gasteiger charge is -2.13. The summed E-state index contributed by atoms with van der Waals surface area (Å²) in [5.74, 6) is -0.833. The molecule has 0 spiro atoms. The molecule has 0 heterocycles. The van der Waals surface area contributed by atoms with Crippen LogP contribution in [0.1, 0.15) is 20.8 Å². The van der Waals surface area contributed by atoms with E-state index in [0.29, 0.717) is 0 Å². The maximum Gasteiger partial charge on any atom is 0.433 e. The fraction of sp³-hybridized carbons (Fsp3) is 0.667.